The van der Waals surface area contributed by atoms with Gasteiger partial charge in [-0.15, -0.1) is 0 Å². The summed E-state index contributed by atoms with van der Waals surface area (Å²) in [5, 5.41) is 5.93. The van der Waals surface area contributed by atoms with Gasteiger partial charge in [0.15, 0.2) is 0 Å². The Balaban J connectivity index is 0.00000196. The first-order valence-electron chi connectivity index (χ1n) is 8.82. The van der Waals surface area contributed by atoms with E-state index in [9.17, 15) is 9.59 Å². The van der Waals surface area contributed by atoms with Gasteiger partial charge in [0.1, 0.15) is 0 Å². The van der Waals surface area contributed by atoms with Crippen LogP contribution in [0.15, 0.2) is 51.7 Å². The van der Waals surface area contributed by atoms with Crippen molar-refractivity contribution in [3.63, 3.8) is 0 Å². The lowest BCUT2D eigenvalue weighted by atomic mass is 9.85. The zero-order valence-electron chi connectivity index (χ0n) is 15.6. The number of hydrogen-bond donors (Lipinski definition) is 2. The molecule has 1 aromatic rings. The van der Waals surface area contributed by atoms with Crippen molar-refractivity contribution in [3.05, 3.63) is 64.2 Å². The van der Waals surface area contributed by atoms with Crippen LogP contribution in [0.3, 0.4) is 0 Å². The molecule has 5 nitrogen and oxygen atoms in total. The molecular formula is C21H28N3O2. The lowest BCUT2D eigenvalue weighted by Gasteiger charge is -2.31. The molecule has 2 aliphatic heterocycles. The number of amides is 2. The predicted octanol–water partition coefficient (Wildman–Crippen LogP) is 3.43. The van der Waals surface area contributed by atoms with Gasteiger partial charge in [0.25, 0.3) is 0 Å². The summed E-state index contributed by atoms with van der Waals surface area (Å²) < 4.78 is 0. The molecule has 139 valence electrons. The highest BCUT2D eigenvalue weighted by atomic mass is 16.2. The highest BCUT2D eigenvalue weighted by Gasteiger charge is 2.32. The second-order valence-corrected chi connectivity index (χ2v) is 6.90. The molecule has 2 heterocycles. The maximum Gasteiger partial charge on any atom is 0.248 e. The molecule has 2 aliphatic rings. The monoisotopic (exact) mass is 354 g/mol. The third kappa shape index (κ3) is 3.62. The molecule has 3 rings (SSSR count). The molecule has 0 saturated heterocycles. The van der Waals surface area contributed by atoms with Gasteiger partial charge in [-0.3, -0.25) is 14.6 Å². The molecule has 0 bridgehead atoms. The third-order valence-electron chi connectivity index (χ3n) is 4.92. The van der Waals surface area contributed by atoms with E-state index in [0.717, 1.165) is 28.0 Å². The molecule has 1 unspecified atom stereocenters. The fraction of sp³-hybridized carbons (Fsp3) is 0.333. The molecular weight excluding hydrogens is 326 g/mol. The first-order chi connectivity index (χ1) is 12.4. The van der Waals surface area contributed by atoms with Crippen LogP contribution in [-0.2, 0) is 9.59 Å². The zero-order valence-corrected chi connectivity index (χ0v) is 15.6. The Bertz CT molecular complexity index is 859. The van der Waals surface area contributed by atoms with Crippen molar-refractivity contribution in [2.45, 2.75) is 46.2 Å². The molecule has 2 amide bonds. The zero-order chi connectivity index (χ0) is 18.8. The maximum absolute atomic E-state index is 12.5. The van der Waals surface area contributed by atoms with Crippen molar-refractivity contribution >= 4 is 18.0 Å². The fourth-order valence-electron chi connectivity index (χ4n) is 3.51. The minimum Gasteiger partial charge on any atom is -0.349 e. The number of aliphatic imine (C=N–C) groups is 1. The Labute approximate surface area is 157 Å². The van der Waals surface area contributed by atoms with Crippen LogP contribution in [0.5, 0.6) is 0 Å². The van der Waals surface area contributed by atoms with Gasteiger partial charge in [-0.05, 0) is 44.4 Å². The predicted molar refractivity (Wildman–Crippen MR) is 107 cm³/mol. The normalized spacial score (nSPS) is 20.6. The summed E-state index contributed by atoms with van der Waals surface area (Å²) in [5.74, 6) is -0.350. The van der Waals surface area contributed by atoms with E-state index in [1.807, 2.05) is 52.3 Å². The summed E-state index contributed by atoms with van der Waals surface area (Å²) in [5.41, 5.74) is 5.42. The highest BCUT2D eigenvalue weighted by molar-refractivity contribution is 6.02. The third-order valence-corrected chi connectivity index (χ3v) is 4.92. The van der Waals surface area contributed by atoms with Crippen LogP contribution in [0, 0.1) is 13.3 Å². The second-order valence-electron chi connectivity index (χ2n) is 6.90. The van der Waals surface area contributed by atoms with Crippen molar-refractivity contribution in [1.29, 1.82) is 0 Å². The number of fused-ring (bicyclic) bond motifs is 1. The molecule has 1 radical (unpaired) electrons. The van der Waals surface area contributed by atoms with E-state index in [0.29, 0.717) is 5.57 Å². The van der Waals surface area contributed by atoms with Crippen LogP contribution in [0.25, 0.3) is 0 Å². The smallest absolute Gasteiger partial charge is 0.248 e. The second kappa shape index (κ2) is 7.28. The van der Waals surface area contributed by atoms with Gasteiger partial charge in [-0.2, -0.15) is 0 Å². The van der Waals surface area contributed by atoms with E-state index in [-0.39, 0.29) is 33.2 Å². The average molecular weight is 354 g/mol. The Morgan fingerprint density at radius 3 is 2.85 bits per heavy atom. The largest absolute Gasteiger partial charge is 0.349 e. The van der Waals surface area contributed by atoms with Gasteiger partial charge in [0.05, 0.1) is 18.5 Å². The van der Waals surface area contributed by atoms with Crippen LogP contribution in [0.1, 0.15) is 47.2 Å². The topological polar surface area (TPSA) is 70.6 Å². The number of benzene rings is 1. The van der Waals surface area contributed by atoms with Gasteiger partial charge in [-0.1, -0.05) is 29.8 Å². The van der Waals surface area contributed by atoms with Crippen molar-refractivity contribution < 1.29 is 12.4 Å². The summed E-state index contributed by atoms with van der Waals surface area (Å²) in [6, 6.07) is 7.77. The summed E-state index contributed by atoms with van der Waals surface area (Å²) in [7, 11) is 0. The quantitative estimate of drug-likeness (QED) is 0.869. The molecule has 26 heavy (non-hydrogen) atoms. The van der Waals surface area contributed by atoms with Gasteiger partial charge >= 0.3 is 0 Å². The number of aryl methyl sites for hydroxylation is 1. The van der Waals surface area contributed by atoms with Crippen molar-refractivity contribution in [1.82, 2.24) is 10.6 Å². The number of allylic oxidation sites excluding steroid dienone is 1. The Kier molecular flexibility index (Phi) is 5.07. The van der Waals surface area contributed by atoms with Crippen LogP contribution in [0.2, 0.25) is 0 Å². The van der Waals surface area contributed by atoms with Crippen molar-refractivity contribution in [3.8, 4) is 0 Å². The minimum absolute atomic E-state index is 0. The van der Waals surface area contributed by atoms with Crippen molar-refractivity contribution in [2.24, 2.45) is 4.99 Å². The molecule has 1 aromatic carbocycles. The summed E-state index contributed by atoms with van der Waals surface area (Å²) in [6.45, 7) is 7.78. The number of hydrogen-bond acceptors (Lipinski definition) is 3. The lowest BCUT2D eigenvalue weighted by molar-refractivity contribution is -0.124. The SMILES string of the molecule is CC1=C2C(C)=C(CC(=O)N[C@@H](C)c3cccc(C)c3)C(=O)NC2[CH]C=N1.[HH].[HH]. The maximum atomic E-state index is 12.5. The number of carbonyl (C=O) groups excluding carboxylic acids is 2. The van der Waals surface area contributed by atoms with Gasteiger partial charge in [0, 0.05) is 26.8 Å². The minimum atomic E-state index is -0.186. The van der Waals surface area contributed by atoms with Crippen LogP contribution < -0.4 is 10.6 Å². The summed E-state index contributed by atoms with van der Waals surface area (Å²) >= 11 is 0. The van der Waals surface area contributed by atoms with E-state index in [1.54, 1.807) is 6.21 Å². The first kappa shape index (κ1) is 18.1. The standard InChI is InChI=1S/C21H24N3O2.2H2/c1-12-6-5-7-16(10-12)14(3)23-19(25)11-17-13(2)20-15(4)22-9-8-18(20)24-21(17)26;;/h5-10,14,18H,11H2,1-4H3,(H,23,25)(H,24,26);2*1H/t14-,18?;;/m0../s1. The van der Waals surface area contributed by atoms with Crippen LogP contribution >= 0.6 is 0 Å². The number of carbonyl (C=O) groups is 2. The van der Waals surface area contributed by atoms with Crippen LogP contribution in [0.4, 0.5) is 0 Å². The van der Waals surface area contributed by atoms with E-state index >= 15 is 0 Å². The fourth-order valence-corrected chi connectivity index (χ4v) is 3.51. The molecule has 0 spiro atoms. The first-order valence-corrected chi connectivity index (χ1v) is 8.82. The average Bonchev–Trinajstić information content (AvgIpc) is 2.58. The summed E-state index contributed by atoms with van der Waals surface area (Å²) in [6.07, 6.45) is 3.62. The molecule has 2 atom stereocenters. The number of nitrogens with one attached hydrogen (secondary N) is 2. The molecule has 0 saturated carbocycles. The van der Waals surface area contributed by atoms with Crippen molar-refractivity contribution in [2.75, 3.05) is 0 Å². The van der Waals surface area contributed by atoms with E-state index in [1.165, 1.54) is 0 Å². The molecule has 2 N–H and O–H groups in total. The van der Waals surface area contributed by atoms with E-state index < -0.39 is 0 Å². The molecule has 5 heteroatoms. The van der Waals surface area contributed by atoms with Crippen LogP contribution in [-0.4, -0.2) is 24.1 Å². The Morgan fingerprint density at radius 1 is 1.35 bits per heavy atom. The molecule has 0 fully saturated rings. The van der Waals surface area contributed by atoms with E-state index in [2.05, 4.69) is 21.7 Å². The summed E-state index contributed by atoms with van der Waals surface area (Å²) in [4.78, 5) is 29.3. The molecule has 0 aliphatic carbocycles. The lowest BCUT2D eigenvalue weighted by Crippen LogP contribution is -2.44. The highest BCUT2D eigenvalue weighted by Crippen LogP contribution is 2.31. The number of nitrogens with zero attached hydrogens (tertiary/aromatic N) is 1. The number of rotatable bonds is 4. The Hall–Kier alpha value is -2.69. The van der Waals surface area contributed by atoms with Gasteiger partial charge in [-0.25, -0.2) is 0 Å². The van der Waals surface area contributed by atoms with Gasteiger partial charge < -0.3 is 10.6 Å². The van der Waals surface area contributed by atoms with Gasteiger partial charge in [0.2, 0.25) is 11.8 Å². The Morgan fingerprint density at radius 2 is 2.12 bits per heavy atom. The molecule has 0 aromatic heterocycles. The van der Waals surface area contributed by atoms with E-state index in [4.69, 9.17) is 0 Å².